The number of carbonyl (C=O) groups is 1. The fourth-order valence-electron chi connectivity index (χ4n) is 0.648. The molecule has 0 aliphatic rings. The van der Waals surface area contributed by atoms with Gasteiger partial charge >= 0.3 is 0 Å². The summed E-state index contributed by atoms with van der Waals surface area (Å²) < 4.78 is 0. The molecule has 0 aliphatic carbocycles. The molecule has 0 unspecified atom stereocenters. The largest absolute Gasteiger partial charge is 0.369 e. The maximum atomic E-state index is 10.3. The summed E-state index contributed by atoms with van der Waals surface area (Å²) in [6, 6.07) is 0. The number of hydrogen-bond donors (Lipinski definition) is 1. The van der Waals surface area contributed by atoms with Crippen LogP contribution in [0.25, 0.3) is 0 Å². The first-order valence-electron chi connectivity index (χ1n) is 3.16. The van der Waals surface area contributed by atoms with E-state index < -0.39 is 0 Å². The van der Waals surface area contributed by atoms with Gasteiger partial charge in [0.2, 0.25) is 5.91 Å². The summed E-state index contributed by atoms with van der Waals surface area (Å²) >= 11 is 5.42. The average molecular weight is 162 g/mol. The van der Waals surface area contributed by atoms with Crippen LogP contribution < -0.4 is 5.73 Å². The zero-order valence-corrected chi connectivity index (χ0v) is 6.82. The van der Waals surface area contributed by atoms with Crippen LogP contribution in [0.5, 0.6) is 0 Å². The Labute approximate surface area is 66.0 Å². The van der Waals surface area contributed by atoms with Crippen molar-refractivity contribution < 1.29 is 4.79 Å². The fraction of sp³-hybridized carbons (Fsp3) is 0.571. The van der Waals surface area contributed by atoms with Gasteiger partial charge in [-0.3, -0.25) is 4.79 Å². The normalized spacial score (nSPS) is 11.6. The molecule has 0 rings (SSSR count). The molecule has 2 nitrogen and oxygen atoms in total. The first-order chi connectivity index (χ1) is 4.66. The van der Waals surface area contributed by atoms with E-state index in [1.165, 1.54) is 0 Å². The summed E-state index contributed by atoms with van der Waals surface area (Å²) in [4.78, 5) is 10.3. The highest BCUT2D eigenvalue weighted by Gasteiger charge is 1.93. The second-order valence-electron chi connectivity index (χ2n) is 2.17. The third kappa shape index (κ3) is 5.63. The van der Waals surface area contributed by atoms with Gasteiger partial charge in [0.1, 0.15) is 0 Å². The summed E-state index contributed by atoms with van der Waals surface area (Å²) in [5, 5.41) is 0. The van der Waals surface area contributed by atoms with Gasteiger partial charge in [-0.2, -0.15) is 0 Å². The van der Waals surface area contributed by atoms with E-state index in [1.807, 2.05) is 13.0 Å². The molecular formula is C7H12ClNO. The number of halogens is 1. The molecule has 0 saturated carbocycles. The maximum absolute atomic E-state index is 10.3. The van der Waals surface area contributed by atoms with Gasteiger partial charge in [-0.1, -0.05) is 11.6 Å². The van der Waals surface area contributed by atoms with Crippen molar-refractivity contribution in [1.82, 2.24) is 0 Å². The van der Waals surface area contributed by atoms with Crippen LogP contribution in [-0.2, 0) is 4.79 Å². The Kier molecular flexibility index (Phi) is 5.03. The van der Waals surface area contributed by atoms with Crippen LogP contribution in [0.1, 0.15) is 19.8 Å². The van der Waals surface area contributed by atoms with E-state index in [9.17, 15) is 4.79 Å². The molecule has 2 N–H and O–H groups in total. The lowest BCUT2D eigenvalue weighted by atomic mass is 10.2. The number of carbonyl (C=O) groups excluding carboxylic acids is 1. The van der Waals surface area contributed by atoms with Crippen molar-refractivity contribution in [2.24, 2.45) is 5.73 Å². The molecule has 1 amide bonds. The Hall–Kier alpha value is -0.500. The smallest absolute Gasteiger partial charge is 0.221 e. The van der Waals surface area contributed by atoms with Crippen molar-refractivity contribution in [3.63, 3.8) is 0 Å². The number of rotatable bonds is 4. The van der Waals surface area contributed by atoms with Gasteiger partial charge in [0.15, 0.2) is 0 Å². The number of nitrogens with two attached hydrogens (primary N) is 1. The van der Waals surface area contributed by atoms with Crippen LogP contribution in [0, 0.1) is 0 Å². The minimum atomic E-state index is -0.289. The van der Waals surface area contributed by atoms with Crippen LogP contribution in [0.4, 0.5) is 0 Å². The predicted octanol–water partition coefficient (Wildman–Crippen LogP) is 1.44. The molecule has 0 fully saturated rings. The van der Waals surface area contributed by atoms with Gasteiger partial charge in [0.25, 0.3) is 0 Å². The first-order valence-corrected chi connectivity index (χ1v) is 3.70. The van der Waals surface area contributed by atoms with E-state index in [4.69, 9.17) is 17.3 Å². The number of hydrogen-bond acceptors (Lipinski definition) is 1. The third-order valence-electron chi connectivity index (χ3n) is 1.05. The predicted molar refractivity (Wildman–Crippen MR) is 42.9 cm³/mol. The molecule has 0 saturated heterocycles. The van der Waals surface area contributed by atoms with Gasteiger partial charge in [-0.15, -0.1) is 11.6 Å². The fourth-order valence-corrected chi connectivity index (χ4v) is 0.757. The van der Waals surface area contributed by atoms with Crippen molar-refractivity contribution in [2.75, 3.05) is 5.88 Å². The monoisotopic (exact) mass is 161 g/mol. The molecule has 3 heteroatoms. The average Bonchev–Trinajstić information content (AvgIpc) is 1.82. The van der Waals surface area contributed by atoms with E-state index >= 15 is 0 Å². The van der Waals surface area contributed by atoms with Crippen molar-refractivity contribution in [3.8, 4) is 0 Å². The number of primary amides is 1. The van der Waals surface area contributed by atoms with Crippen LogP contribution in [-0.4, -0.2) is 11.8 Å². The van der Waals surface area contributed by atoms with Crippen molar-refractivity contribution >= 4 is 17.5 Å². The first kappa shape index (κ1) is 9.50. The number of alkyl halides is 1. The van der Waals surface area contributed by atoms with E-state index in [0.29, 0.717) is 12.3 Å². The lowest BCUT2D eigenvalue weighted by Gasteiger charge is -1.94. The number of amides is 1. The van der Waals surface area contributed by atoms with Gasteiger partial charge in [-0.05, 0) is 13.3 Å². The molecule has 0 aromatic rings. The highest BCUT2D eigenvalue weighted by atomic mass is 35.5. The van der Waals surface area contributed by atoms with E-state index in [0.717, 1.165) is 12.0 Å². The lowest BCUT2D eigenvalue weighted by Crippen LogP contribution is -2.10. The van der Waals surface area contributed by atoms with Crippen LogP contribution in [0.15, 0.2) is 11.6 Å². The minimum absolute atomic E-state index is 0.289. The maximum Gasteiger partial charge on any atom is 0.221 e. The van der Waals surface area contributed by atoms with Gasteiger partial charge in [-0.25, -0.2) is 0 Å². The van der Waals surface area contributed by atoms with Gasteiger partial charge in [0.05, 0.1) is 0 Å². The molecular weight excluding hydrogens is 150 g/mol. The molecule has 0 bridgehead atoms. The second kappa shape index (κ2) is 5.30. The van der Waals surface area contributed by atoms with Crippen molar-refractivity contribution in [2.45, 2.75) is 19.8 Å². The molecule has 0 aromatic heterocycles. The molecule has 10 heavy (non-hydrogen) atoms. The molecule has 0 aliphatic heterocycles. The summed E-state index contributed by atoms with van der Waals surface area (Å²) in [6.45, 7) is 1.87. The van der Waals surface area contributed by atoms with Gasteiger partial charge < -0.3 is 5.73 Å². The van der Waals surface area contributed by atoms with Crippen molar-refractivity contribution in [1.29, 1.82) is 0 Å². The second-order valence-corrected chi connectivity index (χ2v) is 2.55. The zero-order valence-electron chi connectivity index (χ0n) is 6.06. The summed E-state index contributed by atoms with van der Waals surface area (Å²) in [5.41, 5.74) is 5.95. The molecule has 0 heterocycles. The van der Waals surface area contributed by atoms with Crippen LogP contribution >= 0.6 is 11.6 Å². The summed E-state index contributed by atoms with van der Waals surface area (Å²) in [7, 11) is 0. The quantitative estimate of drug-likeness (QED) is 0.492. The lowest BCUT2D eigenvalue weighted by molar-refractivity contribution is -0.117. The Morgan fingerprint density at radius 1 is 1.70 bits per heavy atom. The number of allylic oxidation sites excluding steroid dienone is 1. The topological polar surface area (TPSA) is 43.1 Å². The van der Waals surface area contributed by atoms with E-state index in [-0.39, 0.29) is 5.91 Å². The Balaban J connectivity index is 3.59. The standard InChI is InChI=1S/C7H12ClNO/c1-6(3-2-4-8)5-7(9)10/h3H,2,4-5H2,1H3,(H2,9,10)/b6-3+. The SMILES string of the molecule is C/C(=C\CCCl)CC(N)=O. The van der Waals surface area contributed by atoms with Crippen LogP contribution in [0.3, 0.4) is 0 Å². The Morgan fingerprint density at radius 3 is 2.70 bits per heavy atom. The molecule has 0 spiro atoms. The molecule has 0 radical (unpaired) electrons. The minimum Gasteiger partial charge on any atom is -0.369 e. The Bertz CT molecular complexity index is 143. The molecule has 0 atom stereocenters. The highest BCUT2D eigenvalue weighted by Crippen LogP contribution is 2.00. The van der Waals surface area contributed by atoms with Crippen LogP contribution in [0.2, 0.25) is 0 Å². The van der Waals surface area contributed by atoms with E-state index in [2.05, 4.69) is 0 Å². The molecule has 0 aromatic carbocycles. The summed E-state index contributed by atoms with van der Waals surface area (Å²) in [6.07, 6.45) is 3.08. The third-order valence-corrected chi connectivity index (χ3v) is 1.27. The van der Waals surface area contributed by atoms with E-state index in [1.54, 1.807) is 0 Å². The summed E-state index contributed by atoms with van der Waals surface area (Å²) in [5.74, 6) is 0.305. The van der Waals surface area contributed by atoms with Gasteiger partial charge in [0, 0.05) is 12.3 Å². The Morgan fingerprint density at radius 2 is 2.30 bits per heavy atom. The zero-order chi connectivity index (χ0) is 7.98. The van der Waals surface area contributed by atoms with Crippen molar-refractivity contribution in [3.05, 3.63) is 11.6 Å². The molecule has 58 valence electrons. The highest BCUT2D eigenvalue weighted by molar-refractivity contribution is 6.17.